The van der Waals surface area contributed by atoms with Crippen molar-refractivity contribution in [2.24, 2.45) is 7.05 Å². The fraction of sp³-hybridized carbons (Fsp3) is 0.812. The molecule has 0 spiro atoms. The third kappa shape index (κ3) is 3.41. The van der Waals surface area contributed by atoms with Gasteiger partial charge in [-0.05, 0) is 58.8 Å². The van der Waals surface area contributed by atoms with Gasteiger partial charge < -0.3 is 5.32 Å². The molecular formula is C16H30N4. The van der Waals surface area contributed by atoms with E-state index in [1.54, 1.807) is 0 Å². The standard InChI is InChI=1S/C16H30N4/c1-5-10-17-15(14-9-13-19(4)18-14)16(2,3)20-11-7-6-8-12-20/h9,13,15,17H,5-8,10-12H2,1-4H3. The Morgan fingerprint density at radius 3 is 2.55 bits per heavy atom. The predicted molar refractivity (Wildman–Crippen MR) is 83.7 cm³/mol. The van der Waals surface area contributed by atoms with Crippen LogP contribution in [0, 0.1) is 0 Å². The van der Waals surface area contributed by atoms with Crippen LogP contribution in [-0.2, 0) is 7.05 Å². The van der Waals surface area contributed by atoms with Crippen molar-refractivity contribution in [1.82, 2.24) is 20.0 Å². The van der Waals surface area contributed by atoms with E-state index in [-0.39, 0.29) is 5.54 Å². The first kappa shape index (κ1) is 15.5. The average Bonchev–Trinajstić information content (AvgIpc) is 2.86. The molecule has 1 aromatic rings. The van der Waals surface area contributed by atoms with E-state index in [2.05, 4.69) is 42.2 Å². The molecule has 1 aromatic heterocycles. The lowest BCUT2D eigenvalue weighted by Crippen LogP contribution is -2.54. The number of aromatic nitrogens is 2. The molecule has 2 heterocycles. The minimum Gasteiger partial charge on any atom is -0.307 e. The second kappa shape index (κ2) is 6.72. The normalized spacial score (nSPS) is 19.2. The van der Waals surface area contributed by atoms with Gasteiger partial charge in [-0.25, -0.2) is 0 Å². The zero-order valence-electron chi connectivity index (χ0n) is 13.5. The van der Waals surface area contributed by atoms with E-state index in [4.69, 9.17) is 0 Å². The molecule has 1 aliphatic rings. The van der Waals surface area contributed by atoms with E-state index in [1.165, 1.54) is 32.4 Å². The van der Waals surface area contributed by atoms with Gasteiger partial charge in [-0.3, -0.25) is 9.58 Å². The molecule has 0 aromatic carbocycles. The van der Waals surface area contributed by atoms with Crippen LogP contribution in [-0.4, -0.2) is 39.9 Å². The van der Waals surface area contributed by atoms with Gasteiger partial charge in [0.15, 0.2) is 0 Å². The van der Waals surface area contributed by atoms with Gasteiger partial charge in [-0.1, -0.05) is 13.3 Å². The Hall–Kier alpha value is -0.870. The summed E-state index contributed by atoms with van der Waals surface area (Å²) in [6.07, 6.45) is 7.23. The summed E-state index contributed by atoms with van der Waals surface area (Å²) in [5, 5.41) is 8.37. The Labute approximate surface area is 123 Å². The fourth-order valence-electron chi connectivity index (χ4n) is 3.24. The molecule has 114 valence electrons. The Morgan fingerprint density at radius 2 is 2.00 bits per heavy atom. The van der Waals surface area contributed by atoms with Gasteiger partial charge >= 0.3 is 0 Å². The smallest absolute Gasteiger partial charge is 0.0812 e. The monoisotopic (exact) mass is 278 g/mol. The molecule has 2 rings (SSSR count). The maximum Gasteiger partial charge on any atom is 0.0812 e. The lowest BCUT2D eigenvalue weighted by molar-refractivity contribution is 0.0593. The number of rotatable bonds is 6. The number of hydrogen-bond donors (Lipinski definition) is 1. The first-order valence-corrected chi connectivity index (χ1v) is 8.03. The second-order valence-electron chi connectivity index (χ2n) is 6.50. The maximum absolute atomic E-state index is 4.65. The second-order valence-corrected chi connectivity index (χ2v) is 6.50. The third-order valence-electron chi connectivity index (χ3n) is 4.51. The number of aryl methyl sites for hydroxylation is 1. The zero-order chi connectivity index (χ0) is 14.6. The van der Waals surface area contributed by atoms with Crippen LogP contribution >= 0.6 is 0 Å². The number of nitrogens with zero attached hydrogens (tertiary/aromatic N) is 3. The van der Waals surface area contributed by atoms with Crippen molar-refractivity contribution < 1.29 is 0 Å². The summed E-state index contributed by atoms with van der Waals surface area (Å²) in [7, 11) is 1.99. The topological polar surface area (TPSA) is 33.1 Å². The van der Waals surface area contributed by atoms with E-state index in [0.717, 1.165) is 18.7 Å². The molecule has 1 N–H and O–H groups in total. The molecule has 20 heavy (non-hydrogen) atoms. The Kier molecular flexibility index (Phi) is 5.22. The van der Waals surface area contributed by atoms with Crippen LogP contribution in [0.4, 0.5) is 0 Å². The van der Waals surface area contributed by atoms with Crippen LogP contribution in [0.2, 0.25) is 0 Å². The van der Waals surface area contributed by atoms with Crippen molar-refractivity contribution in [3.05, 3.63) is 18.0 Å². The van der Waals surface area contributed by atoms with Gasteiger partial charge in [0.1, 0.15) is 0 Å². The highest BCUT2D eigenvalue weighted by Gasteiger charge is 2.37. The first-order valence-electron chi connectivity index (χ1n) is 8.03. The molecule has 0 bridgehead atoms. The predicted octanol–water partition coefficient (Wildman–Crippen LogP) is 2.73. The van der Waals surface area contributed by atoms with Gasteiger partial charge in [0, 0.05) is 18.8 Å². The Bertz CT molecular complexity index is 404. The van der Waals surface area contributed by atoms with Gasteiger partial charge in [-0.15, -0.1) is 0 Å². The fourth-order valence-corrected chi connectivity index (χ4v) is 3.24. The quantitative estimate of drug-likeness (QED) is 0.868. The number of hydrogen-bond acceptors (Lipinski definition) is 3. The molecule has 0 radical (unpaired) electrons. The maximum atomic E-state index is 4.65. The highest BCUT2D eigenvalue weighted by molar-refractivity contribution is 5.13. The average molecular weight is 278 g/mol. The summed E-state index contributed by atoms with van der Waals surface area (Å²) in [4.78, 5) is 2.64. The summed E-state index contributed by atoms with van der Waals surface area (Å²) in [6.45, 7) is 10.4. The lowest BCUT2D eigenvalue weighted by Gasteiger charge is -2.45. The minimum atomic E-state index is 0.101. The van der Waals surface area contributed by atoms with Crippen LogP contribution < -0.4 is 5.32 Å². The molecular weight excluding hydrogens is 248 g/mol. The molecule has 0 saturated carbocycles. The van der Waals surface area contributed by atoms with Crippen LogP contribution in [0.1, 0.15) is 58.2 Å². The van der Waals surface area contributed by atoms with Crippen molar-refractivity contribution >= 4 is 0 Å². The number of piperidine rings is 1. The van der Waals surface area contributed by atoms with E-state index in [1.807, 2.05) is 17.9 Å². The molecule has 0 aliphatic carbocycles. The summed E-state index contributed by atoms with van der Waals surface area (Å²) in [5.74, 6) is 0. The number of nitrogens with one attached hydrogen (secondary N) is 1. The van der Waals surface area contributed by atoms with Crippen LogP contribution in [0.15, 0.2) is 12.3 Å². The summed E-state index contributed by atoms with van der Waals surface area (Å²) in [6, 6.07) is 2.45. The van der Waals surface area contributed by atoms with Gasteiger partial charge in [0.2, 0.25) is 0 Å². The molecule has 1 aliphatic heterocycles. The Balaban J connectivity index is 2.19. The lowest BCUT2D eigenvalue weighted by atomic mass is 9.88. The van der Waals surface area contributed by atoms with E-state index < -0.39 is 0 Å². The van der Waals surface area contributed by atoms with Crippen molar-refractivity contribution in [2.75, 3.05) is 19.6 Å². The molecule has 1 unspecified atom stereocenters. The highest BCUT2D eigenvalue weighted by atomic mass is 15.3. The summed E-state index contributed by atoms with van der Waals surface area (Å²) in [5.41, 5.74) is 1.26. The Morgan fingerprint density at radius 1 is 1.30 bits per heavy atom. The summed E-state index contributed by atoms with van der Waals surface area (Å²) < 4.78 is 1.91. The van der Waals surface area contributed by atoms with Crippen molar-refractivity contribution in [1.29, 1.82) is 0 Å². The van der Waals surface area contributed by atoms with E-state index >= 15 is 0 Å². The molecule has 1 fully saturated rings. The highest BCUT2D eigenvalue weighted by Crippen LogP contribution is 2.32. The largest absolute Gasteiger partial charge is 0.307 e. The zero-order valence-corrected chi connectivity index (χ0v) is 13.5. The minimum absolute atomic E-state index is 0.101. The van der Waals surface area contributed by atoms with Crippen LogP contribution in [0.5, 0.6) is 0 Å². The molecule has 1 atom stereocenters. The molecule has 4 heteroatoms. The van der Waals surface area contributed by atoms with Crippen molar-refractivity contribution in [3.63, 3.8) is 0 Å². The molecule has 0 amide bonds. The van der Waals surface area contributed by atoms with Gasteiger partial charge in [-0.2, -0.15) is 5.10 Å². The first-order chi connectivity index (χ1) is 9.55. The van der Waals surface area contributed by atoms with Gasteiger partial charge in [0.25, 0.3) is 0 Å². The van der Waals surface area contributed by atoms with E-state index in [0.29, 0.717) is 6.04 Å². The SMILES string of the molecule is CCCNC(c1ccn(C)n1)C(C)(C)N1CCCCC1. The van der Waals surface area contributed by atoms with Crippen LogP contribution in [0.3, 0.4) is 0 Å². The summed E-state index contributed by atoms with van der Waals surface area (Å²) >= 11 is 0. The number of likely N-dealkylation sites (tertiary alicyclic amines) is 1. The third-order valence-corrected chi connectivity index (χ3v) is 4.51. The molecule has 1 saturated heterocycles. The molecule has 4 nitrogen and oxygen atoms in total. The van der Waals surface area contributed by atoms with Crippen molar-refractivity contribution in [2.45, 2.75) is 58.0 Å². The van der Waals surface area contributed by atoms with Crippen LogP contribution in [0.25, 0.3) is 0 Å². The van der Waals surface area contributed by atoms with Gasteiger partial charge in [0.05, 0.1) is 11.7 Å². The van der Waals surface area contributed by atoms with E-state index in [9.17, 15) is 0 Å². The van der Waals surface area contributed by atoms with Crippen molar-refractivity contribution in [3.8, 4) is 0 Å².